The van der Waals surface area contributed by atoms with Gasteiger partial charge in [-0.15, -0.1) is 0 Å². The zero-order valence-corrected chi connectivity index (χ0v) is 12.7. The summed E-state index contributed by atoms with van der Waals surface area (Å²) in [5, 5.41) is 15.6. The second-order valence-electron chi connectivity index (χ2n) is 6.83. The first-order valence-corrected chi connectivity index (χ1v) is 7.60. The van der Waals surface area contributed by atoms with Crippen LogP contribution in [0.4, 0.5) is 0 Å². The second-order valence-corrected chi connectivity index (χ2v) is 6.83. The molecule has 4 nitrogen and oxygen atoms in total. The molecule has 1 heterocycles. The molecule has 0 amide bonds. The average Bonchev–Trinajstić information content (AvgIpc) is 3.03. The number of rotatable bonds is 4. The Labute approximate surface area is 125 Å². The van der Waals surface area contributed by atoms with Crippen LogP contribution in [-0.4, -0.2) is 25.5 Å². The van der Waals surface area contributed by atoms with Gasteiger partial charge in [-0.3, -0.25) is 4.68 Å². The van der Waals surface area contributed by atoms with Crippen LogP contribution in [0.25, 0.3) is 0 Å². The van der Waals surface area contributed by atoms with Gasteiger partial charge in [0.25, 0.3) is 0 Å². The van der Waals surface area contributed by atoms with E-state index in [2.05, 4.69) is 48.2 Å². The molecule has 0 radical (unpaired) electrons. The van der Waals surface area contributed by atoms with Crippen LogP contribution >= 0.6 is 0 Å². The summed E-state index contributed by atoms with van der Waals surface area (Å²) in [6.45, 7) is 4.83. The van der Waals surface area contributed by atoms with Crippen LogP contribution < -0.4 is 0 Å². The topological polar surface area (TPSA) is 50.9 Å². The number of aliphatic hydroxyl groups is 1. The Kier molecular flexibility index (Phi) is 3.57. The zero-order chi connectivity index (χ0) is 14.9. The highest BCUT2D eigenvalue weighted by molar-refractivity contribution is 5.18. The maximum Gasteiger partial charge on any atom is 0.137 e. The SMILES string of the molecule is CC1(C)CC[C@@H](Cc2ccccc2)[C@@]1(O)Cn1cncn1. The van der Waals surface area contributed by atoms with Crippen LogP contribution in [0.5, 0.6) is 0 Å². The van der Waals surface area contributed by atoms with Gasteiger partial charge in [0.1, 0.15) is 12.7 Å². The molecule has 1 aliphatic rings. The van der Waals surface area contributed by atoms with E-state index in [1.807, 2.05) is 6.07 Å². The Morgan fingerprint density at radius 2 is 2.05 bits per heavy atom. The molecule has 0 bridgehead atoms. The van der Waals surface area contributed by atoms with Gasteiger partial charge < -0.3 is 5.11 Å². The number of nitrogens with zero attached hydrogens (tertiary/aromatic N) is 3. The van der Waals surface area contributed by atoms with Crippen molar-refractivity contribution >= 4 is 0 Å². The molecule has 1 aromatic heterocycles. The summed E-state index contributed by atoms with van der Waals surface area (Å²) < 4.78 is 1.76. The molecule has 4 heteroatoms. The standard InChI is InChI=1S/C17H23N3O/c1-16(2)9-8-15(10-14-6-4-3-5-7-14)17(16,21)11-20-13-18-12-19-20/h3-7,12-13,15,21H,8-11H2,1-2H3/t15-,17-/m0/s1. The first kappa shape index (κ1) is 14.3. The fourth-order valence-electron chi connectivity index (χ4n) is 3.62. The van der Waals surface area contributed by atoms with Gasteiger partial charge in [-0.1, -0.05) is 44.2 Å². The quantitative estimate of drug-likeness (QED) is 0.939. The molecule has 0 saturated heterocycles. The van der Waals surface area contributed by atoms with E-state index in [4.69, 9.17) is 0 Å². The van der Waals surface area contributed by atoms with E-state index in [0.29, 0.717) is 6.54 Å². The summed E-state index contributed by atoms with van der Waals surface area (Å²) in [5.74, 6) is 0.249. The molecule has 0 spiro atoms. The Morgan fingerprint density at radius 1 is 1.29 bits per heavy atom. The number of hydrogen-bond acceptors (Lipinski definition) is 3. The maximum atomic E-state index is 11.4. The molecule has 112 valence electrons. The average molecular weight is 285 g/mol. The van der Waals surface area contributed by atoms with Crippen LogP contribution in [0.2, 0.25) is 0 Å². The van der Waals surface area contributed by atoms with E-state index < -0.39 is 5.60 Å². The lowest BCUT2D eigenvalue weighted by atomic mass is 9.72. The Balaban J connectivity index is 1.85. The molecule has 1 fully saturated rings. The predicted octanol–water partition coefficient (Wildman–Crippen LogP) is 2.69. The van der Waals surface area contributed by atoms with Crippen molar-refractivity contribution in [1.29, 1.82) is 0 Å². The highest BCUT2D eigenvalue weighted by Gasteiger charge is 2.54. The van der Waals surface area contributed by atoms with Crippen LogP contribution in [0.1, 0.15) is 32.3 Å². The van der Waals surface area contributed by atoms with Crippen molar-refractivity contribution < 1.29 is 5.11 Å². The van der Waals surface area contributed by atoms with Gasteiger partial charge in [0.2, 0.25) is 0 Å². The largest absolute Gasteiger partial charge is 0.387 e. The van der Waals surface area contributed by atoms with E-state index in [-0.39, 0.29) is 11.3 Å². The minimum atomic E-state index is -0.753. The molecule has 0 unspecified atom stereocenters. The van der Waals surface area contributed by atoms with E-state index in [0.717, 1.165) is 19.3 Å². The lowest BCUT2D eigenvalue weighted by molar-refractivity contribution is -0.0907. The zero-order valence-electron chi connectivity index (χ0n) is 12.7. The third kappa shape index (κ3) is 2.60. The van der Waals surface area contributed by atoms with Crippen LogP contribution in [0.3, 0.4) is 0 Å². The first-order valence-electron chi connectivity index (χ1n) is 7.60. The van der Waals surface area contributed by atoms with Crippen molar-refractivity contribution in [1.82, 2.24) is 14.8 Å². The van der Waals surface area contributed by atoms with Crippen LogP contribution in [-0.2, 0) is 13.0 Å². The smallest absolute Gasteiger partial charge is 0.137 e. The summed E-state index contributed by atoms with van der Waals surface area (Å²) in [5.41, 5.74) is 0.423. The molecule has 1 aromatic carbocycles. The van der Waals surface area contributed by atoms with E-state index in [1.54, 1.807) is 11.0 Å². The van der Waals surface area contributed by atoms with Crippen LogP contribution in [0, 0.1) is 11.3 Å². The van der Waals surface area contributed by atoms with Crippen molar-refractivity contribution in [2.75, 3.05) is 0 Å². The Hall–Kier alpha value is -1.68. The lowest BCUT2D eigenvalue weighted by Crippen LogP contribution is -2.49. The third-order valence-electron chi connectivity index (χ3n) is 5.16. The van der Waals surface area contributed by atoms with Gasteiger partial charge in [0.05, 0.1) is 12.1 Å². The van der Waals surface area contributed by atoms with E-state index in [1.165, 1.54) is 11.9 Å². The summed E-state index contributed by atoms with van der Waals surface area (Å²) >= 11 is 0. The van der Waals surface area contributed by atoms with Crippen molar-refractivity contribution in [2.45, 2.75) is 45.3 Å². The highest BCUT2D eigenvalue weighted by Crippen LogP contribution is 2.51. The third-order valence-corrected chi connectivity index (χ3v) is 5.16. The Morgan fingerprint density at radius 3 is 2.71 bits per heavy atom. The molecule has 21 heavy (non-hydrogen) atoms. The second kappa shape index (κ2) is 5.26. The summed E-state index contributed by atoms with van der Waals surface area (Å²) in [6, 6.07) is 10.4. The molecule has 2 aromatic rings. The molecular weight excluding hydrogens is 262 g/mol. The normalized spacial score (nSPS) is 27.9. The van der Waals surface area contributed by atoms with Crippen molar-refractivity contribution in [3.8, 4) is 0 Å². The van der Waals surface area contributed by atoms with Gasteiger partial charge >= 0.3 is 0 Å². The van der Waals surface area contributed by atoms with Crippen molar-refractivity contribution in [2.24, 2.45) is 11.3 Å². The molecular formula is C17H23N3O. The molecule has 1 saturated carbocycles. The number of benzene rings is 1. The molecule has 1 aliphatic carbocycles. The monoisotopic (exact) mass is 285 g/mol. The minimum absolute atomic E-state index is 0.113. The van der Waals surface area contributed by atoms with Gasteiger partial charge in [-0.25, -0.2) is 4.98 Å². The van der Waals surface area contributed by atoms with Gasteiger partial charge in [0.15, 0.2) is 0 Å². The number of aromatic nitrogens is 3. The molecule has 1 N–H and O–H groups in total. The van der Waals surface area contributed by atoms with Gasteiger partial charge in [-0.05, 0) is 36.2 Å². The van der Waals surface area contributed by atoms with E-state index in [9.17, 15) is 5.11 Å². The maximum absolute atomic E-state index is 11.4. The molecule has 0 aliphatic heterocycles. The summed E-state index contributed by atoms with van der Waals surface area (Å²) in [6.07, 6.45) is 6.21. The first-order chi connectivity index (χ1) is 10.0. The highest BCUT2D eigenvalue weighted by atomic mass is 16.3. The summed E-state index contributed by atoms with van der Waals surface area (Å²) in [7, 11) is 0. The predicted molar refractivity (Wildman–Crippen MR) is 81.6 cm³/mol. The van der Waals surface area contributed by atoms with Gasteiger partial charge in [-0.2, -0.15) is 5.10 Å². The summed E-state index contributed by atoms with van der Waals surface area (Å²) in [4.78, 5) is 3.99. The van der Waals surface area contributed by atoms with Gasteiger partial charge in [0, 0.05) is 0 Å². The van der Waals surface area contributed by atoms with Crippen molar-refractivity contribution in [3.05, 3.63) is 48.5 Å². The number of hydrogen-bond donors (Lipinski definition) is 1. The molecule has 2 atom stereocenters. The lowest BCUT2D eigenvalue weighted by Gasteiger charge is -2.40. The molecule has 3 rings (SSSR count). The Bertz CT molecular complexity index is 579. The fourth-order valence-corrected chi connectivity index (χ4v) is 3.62. The van der Waals surface area contributed by atoms with Crippen LogP contribution in [0.15, 0.2) is 43.0 Å². The fraction of sp³-hybridized carbons (Fsp3) is 0.529. The minimum Gasteiger partial charge on any atom is -0.387 e. The van der Waals surface area contributed by atoms with E-state index >= 15 is 0 Å². The van der Waals surface area contributed by atoms with Crippen molar-refractivity contribution in [3.63, 3.8) is 0 Å².